The van der Waals surface area contributed by atoms with Gasteiger partial charge in [0, 0.05) is 26.0 Å². The normalized spacial score (nSPS) is 39.5. The van der Waals surface area contributed by atoms with E-state index in [0.29, 0.717) is 0 Å². The molecule has 1 aromatic carbocycles. The number of nitrogens with one attached hydrogen (secondary N) is 2. The molecule has 0 saturated carbocycles. The predicted molar refractivity (Wildman–Crippen MR) is 156 cm³/mol. The summed E-state index contributed by atoms with van der Waals surface area (Å²) >= 11 is 0. The third-order valence-corrected chi connectivity index (χ3v) is 8.16. The van der Waals surface area contributed by atoms with E-state index in [-0.39, 0.29) is 11.4 Å². The lowest BCUT2D eigenvalue weighted by Crippen LogP contribution is -2.69. The van der Waals surface area contributed by atoms with Crippen LogP contribution in [0.15, 0.2) is 24.3 Å². The minimum absolute atomic E-state index is 0.00201. The van der Waals surface area contributed by atoms with E-state index in [0.717, 1.165) is 26.0 Å². The molecule has 276 valence electrons. The van der Waals surface area contributed by atoms with Crippen LogP contribution in [-0.4, -0.2) is 169 Å². The standard InChI is InChI=1S/C28H41N3O18/c1-10(34)29-17-22(39)19(36)14(7-32)46-26(17)44-9-16-21(38)25(49-28-24(41)23(40)20(37)15(8-33)47-28)18(30-11(2)35)27(48-16)45-13-5-3-12(4-6-13)31(42)43/h3-6,14-28,32-33,36-41H,7-9H2,1-2H3,(H,29,34)(H,30,35)/t14-,15-,16-,17-,18-,19-,20+,21+,22-,23+,24-,25-,26-,27-,28+/m1/s1. The molecule has 21 heteroatoms. The maximum atomic E-state index is 12.3. The van der Waals surface area contributed by atoms with Gasteiger partial charge in [0.1, 0.15) is 78.9 Å². The van der Waals surface area contributed by atoms with Crippen LogP contribution in [0.1, 0.15) is 13.8 Å². The molecule has 0 radical (unpaired) electrons. The number of rotatable bonds is 12. The second kappa shape index (κ2) is 16.7. The van der Waals surface area contributed by atoms with Crippen LogP contribution in [0.4, 0.5) is 5.69 Å². The summed E-state index contributed by atoms with van der Waals surface area (Å²) in [5.41, 5.74) is -0.268. The molecule has 0 unspecified atom stereocenters. The lowest BCUT2D eigenvalue weighted by molar-refractivity contribution is -0.384. The number of carbonyl (C=O) groups excluding carboxylic acids is 2. The molecule has 3 fully saturated rings. The molecule has 3 saturated heterocycles. The number of ether oxygens (including phenoxy) is 6. The fraction of sp³-hybridized carbons (Fsp3) is 0.714. The Morgan fingerprint density at radius 1 is 0.735 bits per heavy atom. The molecule has 0 bridgehead atoms. The molecule has 15 atom stereocenters. The molecule has 3 aliphatic heterocycles. The first-order valence-corrected chi connectivity index (χ1v) is 15.2. The molecule has 0 aliphatic carbocycles. The number of non-ortho nitro benzene ring substituents is 1. The van der Waals surface area contributed by atoms with Crippen molar-refractivity contribution in [3.63, 3.8) is 0 Å². The van der Waals surface area contributed by atoms with Crippen molar-refractivity contribution in [3.8, 4) is 5.75 Å². The summed E-state index contributed by atoms with van der Waals surface area (Å²) in [4.78, 5) is 34.7. The zero-order valence-electron chi connectivity index (χ0n) is 26.2. The fourth-order valence-corrected chi connectivity index (χ4v) is 5.62. The van der Waals surface area contributed by atoms with Gasteiger partial charge in [0.2, 0.25) is 18.1 Å². The quantitative estimate of drug-likeness (QED) is 0.0716. The van der Waals surface area contributed by atoms with Crippen molar-refractivity contribution < 1.29 is 83.8 Å². The van der Waals surface area contributed by atoms with Gasteiger partial charge in [-0.15, -0.1) is 0 Å². The molecule has 0 spiro atoms. The van der Waals surface area contributed by atoms with Crippen LogP contribution in [0.3, 0.4) is 0 Å². The Labute approximate surface area is 278 Å². The molecule has 3 aliphatic rings. The maximum absolute atomic E-state index is 12.3. The molecule has 10 N–H and O–H groups in total. The molecule has 3 heterocycles. The number of nitrogens with zero attached hydrogens (tertiary/aromatic N) is 1. The van der Waals surface area contributed by atoms with E-state index in [1.807, 2.05) is 0 Å². The minimum Gasteiger partial charge on any atom is -0.463 e. The number of nitro benzene ring substituents is 1. The second-order valence-electron chi connectivity index (χ2n) is 11.7. The summed E-state index contributed by atoms with van der Waals surface area (Å²) in [5, 5.41) is 98.9. The Morgan fingerprint density at radius 2 is 1.27 bits per heavy atom. The molecule has 49 heavy (non-hydrogen) atoms. The number of hydrogen-bond acceptors (Lipinski definition) is 18. The Morgan fingerprint density at radius 3 is 1.82 bits per heavy atom. The lowest BCUT2D eigenvalue weighted by Gasteiger charge is -2.48. The number of aliphatic hydroxyl groups is 8. The topological polar surface area (TPSA) is 319 Å². The number of nitro groups is 1. The van der Waals surface area contributed by atoms with Crippen LogP contribution in [0.2, 0.25) is 0 Å². The average molecular weight is 708 g/mol. The Kier molecular flexibility index (Phi) is 13.2. The molecule has 4 rings (SSSR count). The molecule has 2 amide bonds. The molecule has 21 nitrogen and oxygen atoms in total. The fourth-order valence-electron chi connectivity index (χ4n) is 5.62. The predicted octanol–water partition coefficient (Wildman–Crippen LogP) is -5.29. The Balaban J connectivity index is 1.65. The molecule has 0 aromatic heterocycles. The van der Waals surface area contributed by atoms with Gasteiger partial charge in [0.25, 0.3) is 5.69 Å². The minimum atomic E-state index is -1.92. The van der Waals surface area contributed by atoms with Gasteiger partial charge in [0.15, 0.2) is 12.6 Å². The van der Waals surface area contributed by atoms with E-state index in [2.05, 4.69) is 10.6 Å². The average Bonchev–Trinajstić information content (AvgIpc) is 3.06. The SMILES string of the molecule is CC(=O)N[C@H]1[C@H](OC[C@H]2O[C@@H](Oc3ccc([N+](=O)[O-])cc3)[C@H](NC(C)=O)[C@@H](O[C@@H]3O[C@H](CO)[C@H](O)[C@H](O)[C@H]3O)[C@H]2O)O[C@H](CO)[C@@H](O)[C@@H]1O. The van der Waals surface area contributed by atoms with E-state index in [1.54, 1.807) is 0 Å². The number of hydrogen-bond donors (Lipinski definition) is 10. The summed E-state index contributed by atoms with van der Waals surface area (Å²) < 4.78 is 34.5. The van der Waals surface area contributed by atoms with Crippen LogP contribution >= 0.6 is 0 Å². The van der Waals surface area contributed by atoms with Crippen molar-refractivity contribution in [2.45, 2.75) is 106 Å². The van der Waals surface area contributed by atoms with Gasteiger partial charge >= 0.3 is 0 Å². The summed E-state index contributed by atoms with van der Waals surface area (Å²) in [6.07, 6.45) is -21.4. The molecular weight excluding hydrogens is 666 g/mol. The van der Waals surface area contributed by atoms with E-state index >= 15 is 0 Å². The third-order valence-electron chi connectivity index (χ3n) is 8.16. The van der Waals surface area contributed by atoms with Crippen molar-refractivity contribution in [1.29, 1.82) is 0 Å². The first kappa shape index (κ1) is 38.6. The molecular formula is C28H41N3O18. The van der Waals surface area contributed by atoms with Crippen molar-refractivity contribution >= 4 is 17.5 Å². The van der Waals surface area contributed by atoms with Gasteiger partial charge in [-0.05, 0) is 12.1 Å². The highest BCUT2D eigenvalue weighted by Crippen LogP contribution is 2.32. The maximum Gasteiger partial charge on any atom is 0.269 e. The Bertz CT molecular complexity index is 1270. The number of benzene rings is 1. The number of aliphatic hydroxyl groups excluding tert-OH is 8. The van der Waals surface area contributed by atoms with Crippen molar-refractivity contribution in [1.82, 2.24) is 10.6 Å². The van der Waals surface area contributed by atoms with Gasteiger partial charge in [-0.2, -0.15) is 0 Å². The summed E-state index contributed by atoms with van der Waals surface area (Å²) in [6, 6.07) is 1.92. The number of amides is 2. The van der Waals surface area contributed by atoms with Crippen LogP contribution in [0, 0.1) is 10.1 Å². The highest BCUT2D eigenvalue weighted by atomic mass is 16.7. The highest BCUT2D eigenvalue weighted by Gasteiger charge is 2.53. The monoisotopic (exact) mass is 707 g/mol. The lowest BCUT2D eigenvalue weighted by atomic mass is 9.95. The van der Waals surface area contributed by atoms with E-state index in [9.17, 15) is 60.6 Å². The Hall–Kier alpha value is -3.16. The first-order chi connectivity index (χ1) is 23.2. The number of carbonyl (C=O) groups is 2. The van der Waals surface area contributed by atoms with Crippen LogP contribution in [0.25, 0.3) is 0 Å². The smallest absolute Gasteiger partial charge is 0.269 e. The third kappa shape index (κ3) is 8.96. The van der Waals surface area contributed by atoms with Gasteiger partial charge in [-0.3, -0.25) is 19.7 Å². The first-order valence-electron chi connectivity index (χ1n) is 15.2. The van der Waals surface area contributed by atoms with Crippen molar-refractivity contribution in [2.75, 3.05) is 19.8 Å². The molecule has 1 aromatic rings. The van der Waals surface area contributed by atoms with E-state index in [1.165, 1.54) is 12.1 Å². The van der Waals surface area contributed by atoms with Crippen molar-refractivity contribution in [2.24, 2.45) is 0 Å². The zero-order valence-corrected chi connectivity index (χ0v) is 26.2. The highest BCUT2D eigenvalue weighted by molar-refractivity contribution is 5.73. The summed E-state index contributed by atoms with van der Waals surface area (Å²) in [6.45, 7) is 0.0715. The van der Waals surface area contributed by atoms with Crippen LogP contribution < -0.4 is 15.4 Å². The van der Waals surface area contributed by atoms with Crippen molar-refractivity contribution in [3.05, 3.63) is 34.4 Å². The van der Waals surface area contributed by atoms with Gasteiger partial charge in [-0.25, -0.2) is 0 Å². The van der Waals surface area contributed by atoms with Gasteiger partial charge in [-0.1, -0.05) is 0 Å². The van der Waals surface area contributed by atoms with Gasteiger partial charge in [0.05, 0.1) is 24.7 Å². The van der Waals surface area contributed by atoms with Crippen LogP contribution in [0.5, 0.6) is 5.75 Å². The second-order valence-corrected chi connectivity index (χ2v) is 11.7. The van der Waals surface area contributed by atoms with E-state index < -0.39 is 129 Å². The van der Waals surface area contributed by atoms with E-state index in [4.69, 9.17) is 28.4 Å². The zero-order chi connectivity index (χ0) is 36.2. The van der Waals surface area contributed by atoms with Gasteiger partial charge < -0.3 is 79.9 Å². The largest absolute Gasteiger partial charge is 0.463 e. The van der Waals surface area contributed by atoms with Crippen LogP contribution in [-0.2, 0) is 33.3 Å². The summed E-state index contributed by atoms with van der Waals surface area (Å²) in [5.74, 6) is -1.31. The summed E-state index contributed by atoms with van der Waals surface area (Å²) in [7, 11) is 0.